The van der Waals surface area contributed by atoms with E-state index in [2.05, 4.69) is 52.3 Å². The summed E-state index contributed by atoms with van der Waals surface area (Å²) in [5.41, 5.74) is 0.729. The van der Waals surface area contributed by atoms with Crippen LogP contribution in [-0.4, -0.2) is 38.1 Å². The maximum absolute atomic E-state index is 11.1. The molecule has 0 spiro atoms. The average molecular weight is 530 g/mol. The zero-order valence-electron chi connectivity index (χ0n) is 17.2. The van der Waals surface area contributed by atoms with Crippen molar-refractivity contribution in [1.29, 1.82) is 0 Å². The van der Waals surface area contributed by atoms with Crippen LogP contribution in [0, 0.1) is 5.92 Å². The second-order valence-electron chi connectivity index (χ2n) is 6.59. The Hall–Kier alpha value is -1.81. The molecule has 0 bridgehead atoms. The third-order valence-electron chi connectivity index (χ3n) is 3.85. The fraction of sp³-hybridized carbons (Fsp3) is 0.429. The highest BCUT2D eigenvalue weighted by molar-refractivity contribution is 14.0. The summed E-state index contributed by atoms with van der Waals surface area (Å²) >= 11 is 1.80. The number of amides is 1. The number of halogens is 1. The third kappa shape index (κ3) is 10.5. The maximum atomic E-state index is 11.1. The molecule has 0 aliphatic heterocycles. The molecular weight excluding hydrogens is 499 g/mol. The van der Waals surface area contributed by atoms with Crippen LogP contribution in [0.15, 0.2) is 46.8 Å². The Kier molecular flexibility index (Phi) is 12.4. The van der Waals surface area contributed by atoms with Gasteiger partial charge in [-0.2, -0.15) is 0 Å². The van der Waals surface area contributed by atoms with Crippen LogP contribution in [0.5, 0.6) is 5.75 Å². The van der Waals surface area contributed by atoms with Gasteiger partial charge in [-0.25, -0.2) is 0 Å². The van der Waals surface area contributed by atoms with Crippen molar-refractivity contribution in [2.24, 2.45) is 10.9 Å². The van der Waals surface area contributed by atoms with Crippen molar-refractivity contribution >= 4 is 52.9 Å². The number of aliphatic imine (C=N–C) groups is 1. The highest BCUT2D eigenvalue weighted by Crippen LogP contribution is 2.17. The fourth-order valence-corrected chi connectivity index (χ4v) is 3.50. The van der Waals surface area contributed by atoms with Crippen molar-refractivity contribution in [1.82, 2.24) is 10.6 Å². The molecule has 1 amide bonds. The molecule has 1 atom stereocenters. The number of anilines is 1. The SMILES string of the molecule is CCNC(=NCC(C)Cc1cccs1)NCCOc1cccc(NC(C)=O)c1.I. The van der Waals surface area contributed by atoms with Gasteiger partial charge in [-0.05, 0) is 42.8 Å². The summed E-state index contributed by atoms with van der Waals surface area (Å²) in [6, 6.07) is 11.6. The first-order chi connectivity index (χ1) is 13.6. The Balaban J connectivity index is 0.00000420. The highest BCUT2D eigenvalue weighted by Gasteiger charge is 2.05. The molecule has 1 aromatic carbocycles. The Morgan fingerprint density at radius 2 is 2.07 bits per heavy atom. The molecule has 1 aromatic heterocycles. The number of hydrogen-bond donors (Lipinski definition) is 3. The number of carbonyl (C=O) groups is 1. The molecule has 0 aliphatic rings. The van der Waals surface area contributed by atoms with Gasteiger partial charge in [0.1, 0.15) is 12.4 Å². The number of rotatable bonds is 10. The van der Waals surface area contributed by atoms with Gasteiger partial charge >= 0.3 is 0 Å². The normalized spacial score (nSPS) is 11.9. The zero-order chi connectivity index (χ0) is 20.2. The summed E-state index contributed by atoms with van der Waals surface area (Å²) in [5, 5.41) is 11.4. The van der Waals surface area contributed by atoms with E-state index in [0.717, 1.165) is 36.9 Å². The molecule has 3 N–H and O–H groups in total. The summed E-state index contributed by atoms with van der Waals surface area (Å²) in [6.07, 6.45) is 1.05. The highest BCUT2D eigenvalue weighted by atomic mass is 127. The minimum Gasteiger partial charge on any atom is -0.492 e. The number of carbonyl (C=O) groups excluding carboxylic acids is 1. The summed E-state index contributed by atoms with van der Waals surface area (Å²) in [7, 11) is 0. The van der Waals surface area contributed by atoms with Crippen molar-refractivity contribution in [3.05, 3.63) is 46.7 Å². The second-order valence-corrected chi connectivity index (χ2v) is 7.62. The molecule has 0 saturated carbocycles. The van der Waals surface area contributed by atoms with Gasteiger partial charge < -0.3 is 20.7 Å². The number of nitrogens with zero attached hydrogens (tertiary/aromatic N) is 1. The molecule has 1 heterocycles. The number of benzene rings is 1. The number of nitrogens with one attached hydrogen (secondary N) is 3. The van der Waals surface area contributed by atoms with E-state index in [1.165, 1.54) is 11.8 Å². The van der Waals surface area contributed by atoms with Gasteiger partial charge in [0.2, 0.25) is 5.91 Å². The Labute approximate surface area is 194 Å². The molecule has 1 unspecified atom stereocenters. The Morgan fingerprint density at radius 1 is 1.24 bits per heavy atom. The van der Waals surface area contributed by atoms with Gasteiger partial charge in [-0.3, -0.25) is 9.79 Å². The van der Waals surface area contributed by atoms with Gasteiger partial charge in [-0.15, -0.1) is 35.3 Å². The Morgan fingerprint density at radius 3 is 2.76 bits per heavy atom. The van der Waals surface area contributed by atoms with E-state index in [9.17, 15) is 4.79 Å². The van der Waals surface area contributed by atoms with Crippen molar-refractivity contribution in [3.63, 3.8) is 0 Å². The van der Waals surface area contributed by atoms with Crippen LogP contribution in [0.3, 0.4) is 0 Å². The first-order valence-corrected chi connectivity index (χ1v) is 10.5. The third-order valence-corrected chi connectivity index (χ3v) is 4.75. The van der Waals surface area contributed by atoms with Crippen molar-refractivity contribution in [3.8, 4) is 5.75 Å². The second kappa shape index (κ2) is 14.2. The molecular formula is C21H31IN4O2S. The standard InChI is InChI=1S/C21H30N4O2S.HI/c1-4-22-21(24-15-16(2)13-20-9-6-12-28-20)23-10-11-27-19-8-5-7-18(14-19)25-17(3)26;/h5-9,12,14,16H,4,10-11,13,15H2,1-3H3,(H,25,26)(H2,22,23,24);1H. The van der Waals surface area contributed by atoms with Crippen molar-refractivity contribution in [2.45, 2.75) is 27.2 Å². The predicted molar refractivity (Wildman–Crippen MR) is 133 cm³/mol. The number of guanidine groups is 1. The number of ether oxygens (including phenoxy) is 1. The quantitative estimate of drug-likeness (QED) is 0.187. The lowest BCUT2D eigenvalue weighted by atomic mass is 10.1. The molecule has 0 saturated heterocycles. The van der Waals surface area contributed by atoms with E-state index >= 15 is 0 Å². The van der Waals surface area contributed by atoms with E-state index in [1.54, 1.807) is 11.3 Å². The van der Waals surface area contributed by atoms with Crippen LogP contribution in [0.2, 0.25) is 0 Å². The lowest BCUT2D eigenvalue weighted by Gasteiger charge is -2.14. The smallest absolute Gasteiger partial charge is 0.221 e. The van der Waals surface area contributed by atoms with Gasteiger partial charge in [0, 0.05) is 36.6 Å². The molecule has 0 fully saturated rings. The van der Waals surface area contributed by atoms with Crippen LogP contribution < -0.4 is 20.7 Å². The molecule has 8 heteroatoms. The fourth-order valence-electron chi connectivity index (χ4n) is 2.63. The van der Waals surface area contributed by atoms with E-state index in [0.29, 0.717) is 19.1 Å². The van der Waals surface area contributed by atoms with Crippen LogP contribution in [0.4, 0.5) is 5.69 Å². The zero-order valence-corrected chi connectivity index (χ0v) is 20.4. The van der Waals surface area contributed by atoms with E-state index in [1.807, 2.05) is 24.3 Å². The molecule has 0 radical (unpaired) electrons. The van der Waals surface area contributed by atoms with Crippen LogP contribution in [0.25, 0.3) is 0 Å². The van der Waals surface area contributed by atoms with Crippen molar-refractivity contribution in [2.75, 3.05) is 31.6 Å². The molecule has 160 valence electrons. The van der Waals surface area contributed by atoms with Crippen LogP contribution in [0.1, 0.15) is 25.6 Å². The molecule has 2 rings (SSSR count). The minimum atomic E-state index is -0.0985. The first-order valence-electron chi connectivity index (χ1n) is 9.61. The number of hydrogen-bond acceptors (Lipinski definition) is 4. The lowest BCUT2D eigenvalue weighted by molar-refractivity contribution is -0.114. The van der Waals surface area contributed by atoms with Crippen LogP contribution >= 0.6 is 35.3 Å². The summed E-state index contributed by atoms with van der Waals surface area (Å²) < 4.78 is 5.76. The van der Waals surface area contributed by atoms with Gasteiger partial charge in [0.15, 0.2) is 5.96 Å². The van der Waals surface area contributed by atoms with Gasteiger partial charge in [0.05, 0.1) is 6.54 Å². The monoisotopic (exact) mass is 530 g/mol. The summed E-state index contributed by atoms with van der Waals surface area (Å²) in [6.45, 7) is 8.47. The van der Waals surface area contributed by atoms with E-state index in [4.69, 9.17) is 4.74 Å². The molecule has 0 aliphatic carbocycles. The molecule has 6 nitrogen and oxygen atoms in total. The van der Waals surface area contributed by atoms with E-state index in [-0.39, 0.29) is 29.9 Å². The van der Waals surface area contributed by atoms with Crippen LogP contribution in [-0.2, 0) is 11.2 Å². The molecule has 29 heavy (non-hydrogen) atoms. The summed E-state index contributed by atoms with van der Waals surface area (Å²) in [5.74, 6) is 1.91. The molecule has 2 aromatic rings. The average Bonchev–Trinajstić information content (AvgIpc) is 3.16. The summed E-state index contributed by atoms with van der Waals surface area (Å²) in [4.78, 5) is 17.2. The first kappa shape index (κ1) is 25.2. The maximum Gasteiger partial charge on any atom is 0.221 e. The van der Waals surface area contributed by atoms with Gasteiger partial charge in [0.25, 0.3) is 0 Å². The minimum absolute atomic E-state index is 0. The van der Waals surface area contributed by atoms with E-state index < -0.39 is 0 Å². The lowest BCUT2D eigenvalue weighted by Crippen LogP contribution is -2.39. The van der Waals surface area contributed by atoms with Crippen molar-refractivity contribution < 1.29 is 9.53 Å². The number of thiophene rings is 1. The van der Waals surface area contributed by atoms with Gasteiger partial charge in [-0.1, -0.05) is 19.1 Å². The topological polar surface area (TPSA) is 74.8 Å². The largest absolute Gasteiger partial charge is 0.492 e. The Bertz CT molecular complexity index is 753. The predicted octanol–water partition coefficient (Wildman–Crippen LogP) is 4.14.